The zero-order chi connectivity index (χ0) is 52.0. The number of cyclic esters (lactones) is 1. The van der Waals surface area contributed by atoms with Crippen LogP contribution in [-0.2, 0) is 44.7 Å². The van der Waals surface area contributed by atoms with Gasteiger partial charge in [0.15, 0.2) is 0 Å². The molecule has 4 rings (SSSR count). The van der Waals surface area contributed by atoms with E-state index >= 15 is 0 Å². The number of nitrogens with one attached hydrogen (secondary N) is 4. The Morgan fingerprint density at radius 3 is 2.32 bits per heavy atom. The Morgan fingerprint density at radius 2 is 1.65 bits per heavy atom. The van der Waals surface area contributed by atoms with Crippen LogP contribution < -0.4 is 21.3 Å². The van der Waals surface area contributed by atoms with Crippen LogP contribution in [0.25, 0.3) is 6.08 Å². The second kappa shape index (κ2) is 29.4. The first kappa shape index (κ1) is 57.7. The molecule has 0 spiro atoms. The monoisotopic (exact) mass is 1000 g/mol. The summed E-state index contributed by atoms with van der Waals surface area (Å²) in [5.41, 5.74) is 3.11. The van der Waals surface area contributed by atoms with E-state index in [4.69, 9.17) is 21.1 Å². The van der Waals surface area contributed by atoms with Crippen molar-refractivity contribution in [1.29, 1.82) is 0 Å². The maximum absolute atomic E-state index is 13.8. The number of amides is 6. The molecule has 2 aromatic rings. The number of unbranched alkanes of at least 4 members (excludes halogenated alkanes) is 3. The number of rotatable bonds is 23. The number of aliphatic hydroxyl groups is 1. The molecular formula is C53H74ClN7O10. The molecule has 0 bridgehead atoms. The fourth-order valence-electron chi connectivity index (χ4n) is 8.20. The van der Waals surface area contributed by atoms with Gasteiger partial charge in [0.2, 0.25) is 17.7 Å². The SMILES string of the molecule is CNCCN(CCCCc1ccc(NC(=O)[C@H](C)NC(=O)[C@@H](NC(=O)CCCCCN2C(=O)C=CC2=O)C(C)C)cc1)C(=O)O[C@H]1/C=C/[C@H](C)[C@@H](/C(C)=C/c2cncc(Cl)c2)OC(=O)C[C@H](O)CC[C@@H]1C. The minimum absolute atomic E-state index is 0.153. The number of benzene rings is 1. The smallest absolute Gasteiger partial charge is 0.410 e. The van der Waals surface area contributed by atoms with Gasteiger partial charge in [-0.2, -0.15) is 0 Å². The Hall–Kier alpha value is -5.91. The molecule has 5 N–H and O–H groups in total. The summed E-state index contributed by atoms with van der Waals surface area (Å²) in [4.78, 5) is 96.3. The lowest BCUT2D eigenvalue weighted by molar-refractivity contribution is -0.151. The quantitative estimate of drug-likeness (QED) is 0.0346. The Kier molecular flexibility index (Phi) is 23.9. The molecular weight excluding hydrogens is 930 g/mol. The summed E-state index contributed by atoms with van der Waals surface area (Å²) in [5, 5.41) is 22.7. The van der Waals surface area contributed by atoms with E-state index < -0.39 is 54.3 Å². The summed E-state index contributed by atoms with van der Waals surface area (Å²) in [6.07, 6.45) is 13.5. The third kappa shape index (κ3) is 19.7. The van der Waals surface area contributed by atoms with Gasteiger partial charge in [0.05, 0.1) is 17.5 Å². The van der Waals surface area contributed by atoms with Gasteiger partial charge in [-0.15, -0.1) is 0 Å². The van der Waals surface area contributed by atoms with Crippen LogP contribution in [0.5, 0.6) is 0 Å². The highest BCUT2D eigenvalue weighted by Gasteiger charge is 2.30. The molecule has 3 heterocycles. The van der Waals surface area contributed by atoms with E-state index in [1.54, 1.807) is 50.1 Å². The van der Waals surface area contributed by atoms with Crippen molar-refractivity contribution in [3.05, 3.63) is 88.8 Å². The Balaban J connectivity index is 1.26. The standard InChI is InChI=1S/C53H74ClN7O10/c1-34(2)49(59-45(63)14-9-8-11-27-61-46(64)23-24-47(61)65)52(68)57-38(6)51(67)58-42-19-17-39(18-20-42)13-10-12-26-60(28-25-55-7)53(69)70-44-22-16-36(4)50(37(5)29-40-30-41(54)33-56-32-40)71-48(66)31-43(62)21-15-35(44)3/h16-20,22-24,29-30,32-36,38,43-44,49-50,55,62H,8-15,21,25-28,31H2,1-7H3,(H,57,68)(H,58,67)(H,59,63)/b22-16+,37-29+/t35-,36-,38-,43+,44-,49-,50-/m0/s1. The lowest BCUT2D eigenvalue weighted by Gasteiger charge is -2.29. The number of carbonyl (C=O) groups is 7. The zero-order valence-corrected chi connectivity index (χ0v) is 43.0. The molecule has 71 heavy (non-hydrogen) atoms. The van der Waals surface area contributed by atoms with E-state index in [1.807, 2.05) is 58.2 Å². The summed E-state index contributed by atoms with van der Waals surface area (Å²) < 4.78 is 12.1. The van der Waals surface area contributed by atoms with E-state index in [2.05, 4.69) is 26.3 Å². The van der Waals surface area contributed by atoms with Crippen molar-refractivity contribution in [3.8, 4) is 0 Å². The van der Waals surface area contributed by atoms with Crippen molar-refractivity contribution in [2.24, 2.45) is 17.8 Å². The number of likely N-dealkylation sites (N-methyl/N-ethyl adjacent to an activating group) is 1. The van der Waals surface area contributed by atoms with Gasteiger partial charge in [0.1, 0.15) is 24.3 Å². The number of carbonyl (C=O) groups excluding carboxylic acids is 7. The topological polar surface area (TPSA) is 226 Å². The summed E-state index contributed by atoms with van der Waals surface area (Å²) >= 11 is 6.16. The number of imide groups is 1. The molecule has 1 aromatic carbocycles. The van der Waals surface area contributed by atoms with Gasteiger partial charge < -0.3 is 40.7 Å². The number of aliphatic hydroxyl groups excluding tert-OH is 1. The maximum Gasteiger partial charge on any atom is 0.410 e. The highest BCUT2D eigenvalue weighted by atomic mass is 35.5. The average molecular weight is 1000 g/mol. The second-order valence-electron chi connectivity index (χ2n) is 19.0. The van der Waals surface area contributed by atoms with E-state index in [-0.39, 0.29) is 54.9 Å². The van der Waals surface area contributed by atoms with Crippen molar-refractivity contribution in [3.63, 3.8) is 0 Å². The predicted molar refractivity (Wildman–Crippen MR) is 273 cm³/mol. The van der Waals surface area contributed by atoms with E-state index in [0.29, 0.717) is 68.9 Å². The first-order chi connectivity index (χ1) is 33.8. The van der Waals surface area contributed by atoms with Gasteiger partial charge in [-0.1, -0.05) is 70.0 Å². The van der Waals surface area contributed by atoms with Gasteiger partial charge in [-0.05, 0) is 119 Å². The molecule has 1 aromatic heterocycles. The van der Waals surface area contributed by atoms with Gasteiger partial charge in [0.25, 0.3) is 11.8 Å². The fraction of sp³-hybridized carbons (Fsp3) is 0.547. The van der Waals surface area contributed by atoms with Crippen molar-refractivity contribution >= 4 is 65.0 Å². The third-order valence-corrected chi connectivity index (χ3v) is 12.7. The number of nitrogens with zero attached hydrogens (tertiary/aromatic N) is 3. The minimum Gasteiger partial charge on any atom is -0.457 e. The number of aryl methyl sites for hydroxylation is 1. The normalized spacial score (nSPS) is 21.1. The summed E-state index contributed by atoms with van der Waals surface area (Å²) in [6, 6.07) is 7.46. The van der Waals surface area contributed by atoms with Crippen LogP contribution >= 0.6 is 11.6 Å². The second-order valence-corrected chi connectivity index (χ2v) is 19.4. The van der Waals surface area contributed by atoms with Gasteiger partial charge >= 0.3 is 12.1 Å². The van der Waals surface area contributed by atoms with Crippen LogP contribution in [0, 0.1) is 17.8 Å². The van der Waals surface area contributed by atoms with Gasteiger partial charge in [-0.25, -0.2) is 4.79 Å². The van der Waals surface area contributed by atoms with Crippen LogP contribution in [0.2, 0.25) is 5.02 Å². The van der Waals surface area contributed by atoms with Crippen LogP contribution in [-0.4, -0.2) is 125 Å². The molecule has 2 aliphatic heterocycles. The average Bonchev–Trinajstić information content (AvgIpc) is 3.64. The molecule has 0 saturated heterocycles. The Morgan fingerprint density at radius 1 is 0.930 bits per heavy atom. The molecule has 2 aliphatic rings. The molecule has 0 unspecified atom stereocenters. The van der Waals surface area contributed by atoms with Crippen LogP contribution in [0.3, 0.4) is 0 Å². The van der Waals surface area contributed by atoms with Gasteiger partial charge in [0, 0.05) is 68.8 Å². The zero-order valence-electron chi connectivity index (χ0n) is 42.3. The Bertz CT molecular complexity index is 2200. The number of hydrogen-bond acceptors (Lipinski definition) is 12. The molecule has 7 atom stereocenters. The van der Waals surface area contributed by atoms with Crippen LogP contribution in [0.1, 0.15) is 110 Å². The van der Waals surface area contributed by atoms with Crippen LogP contribution in [0.4, 0.5) is 10.5 Å². The molecule has 17 nitrogen and oxygen atoms in total. The summed E-state index contributed by atoms with van der Waals surface area (Å²) in [7, 11) is 1.82. The Labute approximate surface area is 423 Å². The number of esters is 1. The number of hydrogen-bond donors (Lipinski definition) is 5. The van der Waals surface area contributed by atoms with Crippen molar-refractivity contribution < 1.29 is 48.1 Å². The van der Waals surface area contributed by atoms with E-state index in [9.17, 15) is 38.7 Å². The maximum atomic E-state index is 13.8. The van der Waals surface area contributed by atoms with Crippen molar-refractivity contribution in [1.82, 2.24) is 30.7 Å². The minimum atomic E-state index is -0.914. The molecule has 0 radical (unpaired) electrons. The number of pyridine rings is 1. The number of aromatic nitrogens is 1. The first-order valence-corrected chi connectivity index (χ1v) is 25.2. The van der Waals surface area contributed by atoms with E-state index in [0.717, 1.165) is 29.5 Å². The highest BCUT2D eigenvalue weighted by molar-refractivity contribution is 6.30. The van der Waals surface area contributed by atoms with Crippen molar-refractivity contribution in [2.75, 3.05) is 38.5 Å². The van der Waals surface area contributed by atoms with Gasteiger partial charge in [-0.3, -0.25) is 38.7 Å². The third-order valence-electron chi connectivity index (χ3n) is 12.5. The van der Waals surface area contributed by atoms with Crippen LogP contribution in [0.15, 0.2) is 72.6 Å². The predicted octanol–water partition coefficient (Wildman–Crippen LogP) is 6.54. The molecule has 18 heteroatoms. The first-order valence-electron chi connectivity index (χ1n) is 24.8. The molecule has 388 valence electrons. The summed E-state index contributed by atoms with van der Waals surface area (Å²) in [5.74, 6) is -3.06. The summed E-state index contributed by atoms with van der Waals surface area (Å²) in [6.45, 7) is 12.7. The number of ether oxygens (including phenoxy) is 2. The lowest BCUT2D eigenvalue weighted by Crippen LogP contribution is -2.53. The highest BCUT2D eigenvalue weighted by Crippen LogP contribution is 2.26. The van der Waals surface area contributed by atoms with E-state index in [1.165, 1.54) is 23.2 Å². The molecule has 0 fully saturated rings. The molecule has 6 amide bonds. The fourth-order valence-corrected chi connectivity index (χ4v) is 8.39. The largest absolute Gasteiger partial charge is 0.457 e. The van der Waals surface area contributed by atoms with Crippen molar-refractivity contribution in [2.45, 2.75) is 136 Å². The lowest BCUT2D eigenvalue weighted by atomic mass is 9.91. The molecule has 0 aliphatic carbocycles. The number of halogens is 1. The number of anilines is 1. The molecule has 0 saturated carbocycles.